The molecular formula is C16H20ClNO. The summed E-state index contributed by atoms with van der Waals surface area (Å²) in [7, 11) is 0. The van der Waals surface area contributed by atoms with Gasteiger partial charge in [-0.1, -0.05) is 36.4 Å². The van der Waals surface area contributed by atoms with Crippen molar-refractivity contribution in [3.8, 4) is 16.9 Å². The fourth-order valence-electron chi connectivity index (χ4n) is 1.98. The number of para-hydroxylation sites is 1. The molecule has 0 aromatic heterocycles. The van der Waals surface area contributed by atoms with Gasteiger partial charge in [0.05, 0.1) is 6.61 Å². The van der Waals surface area contributed by atoms with Crippen molar-refractivity contribution < 1.29 is 4.74 Å². The van der Waals surface area contributed by atoms with Crippen molar-refractivity contribution in [2.75, 3.05) is 6.61 Å². The van der Waals surface area contributed by atoms with E-state index in [4.69, 9.17) is 10.5 Å². The van der Waals surface area contributed by atoms with Gasteiger partial charge >= 0.3 is 0 Å². The third kappa shape index (κ3) is 3.72. The normalized spacial score (nSPS) is 11.5. The molecule has 0 saturated heterocycles. The molecule has 0 unspecified atom stereocenters. The van der Waals surface area contributed by atoms with Crippen LogP contribution in [0.3, 0.4) is 0 Å². The predicted molar refractivity (Wildman–Crippen MR) is 82.9 cm³/mol. The van der Waals surface area contributed by atoms with Gasteiger partial charge in [-0.05, 0) is 37.1 Å². The topological polar surface area (TPSA) is 35.2 Å². The highest BCUT2D eigenvalue weighted by Crippen LogP contribution is 2.30. The Morgan fingerprint density at radius 2 is 1.84 bits per heavy atom. The van der Waals surface area contributed by atoms with E-state index in [0.717, 1.165) is 22.4 Å². The van der Waals surface area contributed by atoms with Crippen LogP contribution in [0.4, 0.5) is 0 Å². The van der Waals surface area contributed by atoms with E-state index in [2.05, 4.69) is 24.3 Å². The average molecular weight is 278 g/mol. The van der Waals surface area contributed by atoms with Gasteiger partial charge in [0.15, 0.2) is 0 Å². The smallest absolute Gasteiger partial charge is 0.127 e. The maximum Gasteiger partial charge on any atom is 0.127 e. The minimum atomic E-state index is 0. The first kappa shape index (κ1) is 15.5. The molecule has 0 aliphatic carbocycles. The van der Waals surface area contributed by atoms with Crippen LogP contribution in [0.5, 0.6) is 5.75 Å². The van der Waals surface area contributed by atoms with Crippen molar-refractivity contribution in [3.63, 3.8) is 0 Å². The van der Waals surface area contributed by atoms with Crippen LogP contribution >= 0.6 is 12.4 Å². The molecule has 0 aliphatic heterocycles. The summed E-state index contributed by atoms with van der Waals surface area (Å²) in [5.41, 5.74) is 9.32. The summed E-state index contributed by atoms with van der Waals surface area (Å²) in [5.74, 6) is 0.918. The fraction of sp³-hybridized carbons (Fsp3) is 0.250. The lowest BCUT2D eigenvalue weighted by molar-refractivity contribution is 0.341. The molecule has 19 heavy (non-hydrogen) atoms. The van der Waals surface area contributed by atoms with Gasteiger partial charge in [-0.3, -0.25) is 0 Å². The van der Waals surface area contributed by atoms with Gasteiger partial charge in [0.1, 0.15) is 5.75 Å². The monoisotopic (exact) mass is 277 g/mol. The summed E-state index contributed by atoms with van der Waals surface area (Å²) in [6.07, 6.45) is 0. The van der Waals surface area contributed by atoms with E-state index in [1.165, 1.54) is 0 Å². The van der Waals surface area contributed by atoms with Crippen LogP contribution in [0, 0.1) is 0 Å². The van der Waals surface area contributed by atoms with Crippen molar-refractivity contribution in [2.24, 2.45) is 5.73 Å². The van der Waals surface area contributed by atoms with E-state index >= 15 is 0 Å². The Labute approximate surface area is 121 Å². The van der Waals surface area contributed by atoms with Crippen molar-refractivity contribution in [1.82, 2.24) is 0 Å². The number of rotatable bonds is 4. The van der Waals surface area contributed by atoms with Gasteiger partial charge in [0.25, 0.3) is 0 Å². The van der Waals surface area contributed by atoms with E-state index in [1.807, 2.05) is 38.1 Å². The lowest BCUT2D eigenvalue weighted by Gasteiger charge is -2.12. The molecule has 102 valence electrons. The van der Waals surface area contributed by atoms with Gasteiger partial charge in [0, 0.05) is 11.6 Å². The zero-order valence-corrected chi connectivity index (χ0v) is 12.1. The molecule has 0 aliphatic rings. The molecule has 2 aromatic rings. The van der Waals surface area contributed by atoms with E-state index in [0.29, 0.717) is 6.61 Å². The summed E-state index contributed by atoms with van der Waals surface area (Å²) in [4.78, 5) is 0. The first-order valence-electron chi connectivity index (χ1n) is 6.30. The Bertz CT molecular complexity index is 526. The molecule has 0 saturated carbocycles. The van der Waals surface area contributed by atoms with Crippen molar-refractivity contribution in [3.05, 3.63) is 54.1 Å². The highest BCUT2D eigenvalue weighted by Gasteiger charge is 2.07. The van der Waals surface area contributed by atoms with Crippen LogP contribution in [0.15, 0.2) is 48.5 Å². The number of hydrogen-bond donors (Lipinski definition) is 1. The Morgan fingerprint density at radius 3 is 2.53 bits per heavy atom. The summed E-state index contributed by atoms with van der Waals surface area (Å²) >= 11 is 0. The number of halogens is 1. The highest BCUT2D eigenvalue weighted by molar-refractivity contribution is 5.85. The molecule has 2 N–H and O–H groups in total. The number of nitrogens with two attached hydrogens (primary N) is 1. The SMILES string of the molecule is CCOc1ccccc1-c1cccc([C@H](C)N)c1.Cl. The largest absolute Gasteiger partial charge is 0.493 e. The van der Waals surface area contributed by atoms with E-state index in [9.17, 15) is 0 Å². The van der Waals surface area contributed by atoms with E-state index < -0.39 is 0 Å². The van der Waals surface area contributed by atoms with Crippen molar-refractivity contribution in [2.45, 2.75) is 19.9 Å². The summed E-state index contributed by atoms with van der Waals surface area (Å²) < 4.78 is 5.66. The van der Waals surface area contributed by atoms with Crippen LogP contribution in [0.25, 0.3) is 11.1 Å². The minimum absolute atomic E-state index is 0. The number of ether oxygens (including phenoxy) is 1. The van der Waals surface area contributed by atoms with Gasteiger partial charge in [-0.25, -0.2) is 0 Å². The molecular weight excluding hydrogens is 258 g/mol. The average Bonchev–Trinajstić information content (AvgIpc) is 2.40. The lowest BCUT2D eigenvalue weighted by Crippen LogP contribution is -2.04. The maximum atomic E-state index is 5.93. The summed E-state index contributed by atoms with van der Waals surface area (Å²) in [6, 6.07) is 16.4. The number of hydrogen-bond acceptors (Lipinski definition) is 2. The standard InChI is InChI=1S/C16H19NO.ClH/c1-3-18-16-10-5-4-9-15(16)14-8-6-7-13(11-14)12(2)17;/h4-12H,3,17H2,1-2H3;1H/t12-;/m0./s1. The quantitative estimate of drug-likeness (QED) is 0.909. The Kier molecular flexibility index (Phi) is 5.87. The molecule has 2 rings (SSSR count). The number of benzene rings is 2. The first-order valence-corrected chi connectivity index (χ1v) is 6.30. The molecule has 3 heteroatoms. The fourth-order valence-corrected chi connectivity index (χ4v) is 1.98. The third-order valence-corrected chi connectivity index (χ3v) is 2.91. The molecule has 0 fully saturated rings. The third-order valence-electron chi connectivity index (χ3n) is 2.91. The molecule has 1 atom stereocenters. The summed E-state index contributed by atoms with van der Waals surface area (Å²) in [5, 5.41) is 0. The maximum absolute atomic E-state index is 5.93. The van der Waals surface area contributed by atoms with Crippen LogP contribution in [-0.2, 0) is 0 Å². The predicted octanol–water partition coefficient (Wildman–Crippen LogP) is 4.19. The summed E-state index contributed by atoms with van der Waals surface area (Å²) in [6.45, 7) is 4.66. The molecule has 0 heterocycles. The second kappa shape index (κ2) is 7.17. The van der Waals surface area contributed by atoms with Crippen molar-refractivity contribution in [1.29, 1.82) is 0 Å². The van der Waals surface area contributed by atoms with Gasteiger partial charge in [-0.2, -0.15) is 0 Å². The zero-order chi connectivity index (χ0) is 13.0. The van der Waals surface area contributed by atoms with Crippen LogP contribution in [0.2, 0.25) is 0 Å². The Hall–Kier alpha value is -1.51. The Balaban J connectivity index is 0.00000180. The molecule has 2 nitrogen and oxygen atoms in total. The molecule has 0 spiro atoms. The Morgan fingerprint density at radius 1 is 1.11 bits per heavy atom. The van der Waals surface area contributed by atoms with Crippen LogP contribution < -0.4 is 10.5 Å². The van der Waals surface area contributed by atoms with Crippen LogP contribution in [0.1, 0.15) is 25.5 Å². The van der Waals surface area contributed by atoms with Gasteiger partial charge in [-0.15, -0.1) is 12.4 Å². The van der Waals surface area contributed by atoms with Gasteiger partial charge < -0.3 is 10.5 Å². The van der Waals surface area contributed by atoms with Gasteiger partial charge in [0.2, 0.25) is 0 Å². The lowest BCUT2D eigenvalue weighted by atomic mass is 10.00. The second-order valence-electron chi connectivity index (χ2n) is 4.34. The zero-order valence-electron chi connectivity index (χ0n) is 11.3. The first-order chi connectivity index (χ1) is 8.72. The second-order valence-corrected chi connectivity index (χ2v) is 4.34. The van der Waals surface area contributed by atoms with Crippen molar-refractivity contribution >= 4 is 12.4 Å². The molecule has 2 aromatic carbocycles. The molecule has 0 bridgehead atoms. The minimum Gasteiger partial charge on any atom is -0.493 e. The van der Waals surface area contributed by atoms with E-state index in [-0.39, 0.29) is 18.4 Å². The highest BCUT2D eigenvalue weighted by atomic mass is 35.5. The molecule has 0 radical (unpaired) electrons. The van der Waals surface area contributed by atoms with Crippen LogP contribution in [-0.4, -0.2) is 6.61 Å². The van der Waals surface area contributed by atoms with E-state index in [1.54, 1.807) is 0 Å². The molecule has 0 amide bonds.